The molecule has 0 rings (SSSR count). The minimum Gasteiger partial charge on any atom is -0.457 e. The molecule has 0 aromatic rings. The minimum atomic E-state index is -4.52. The molecule has 0 saturated carbocycles. The van der Waals surface area contributed by atoms with Gasteiger partial charge in [0.15, 0.2) is 0 Å². The smallest absolute Gasteiger partial charge is 0.457 e. The fourth-order valence-corrected chi connectivity index (χ4v) is 6.74. The average molecular weight is 787 g/mol. The number of aliphatic hydroxyl groups excluding tert-OH is 2. The van der Waals surface area contributed by atoms with Gasteiger partial charge in [-0.2, -0.15) is 0 Å². The Morgan fingerprint density at radius 2 is 1.00 bits per heavy atom. The molecule has 54 heavy (non-hydrogen) atoms. The Morgan fingerprint density at radius 3 is 1.50 bits per heavy atom. The third-order valence-electron chi connectivity index (χ3n) is 9.33. The van der Waals surface area contributed by atoms with E-state index in [1.54, 1.807) is 0 Å². The van der Waals surface area contributed by atoms with Crippen molar-refractivity contribution in [3.05, 3.63) is 36.5 Å². The normalized spacial score (nSPS) is 14.4. The van der Waals surface area contributed by atoms with E-state index in [1.807, 2.05) is 0 Å². The first-order valence-electron chi connectivity index (χ1n) is 22.0. The first kappa shape index (κ1) is 52.7. The monoisotopic (exact) mass is 787 g/mol. The zero-order chi connectivity index (χ0) is 39.6. The number of carbonyl (C=O) groups is 1. The summed E-state index contributed by atoms with van der Waals surface area (Å²) in [5.74, 6) is -0.394. The van der Waals surface area contributed by atoms with Crippen molar-refractivity contribution in [2.75, 3.05) is 33.0 Å². The number of hydrogen-bond donors (Lipinski definition) is 3. The summed E-state index contributed by atoms with van der Waals surface area (Å²) in [7, 11) is -4.52. The van der Waals surface area contributed by atoms with E-state index in [4.69, 9.17) is 23.6 Å². The number of rotatable bonds is 42. The molecule has 0 aliphatic carbocycles. The minimum absolute atomic E-state index is 0.0461. The summed E-state index contributed by atoms with van der Waals surface area (Å²) in [5, 5.41) is 18.3. The van der Waals surface area contributed by atoms with Crippen LogP contribution >= 0.6 is 7.82 Å². The van der Waals surface area contributed by atoms with Gasteiger partial charge in [-0.15, -0.1) is 0 Å². The zero-order valence-electron chi connectivity index (χ0n) is 34.7. The number of aliphatic hydroxyl groups is 2. The predicted octanol–water partition coefficient (Wildman–Crippen LogP) is 12.0. The van der Waals surface area contributed by atoms with Crippen LogP contribution in [0.3, 0.4) is 0 Å². The van der Waals surface area contributed by atoms with E-state index in [9.17, 15) is 19.4 Å². The Bertz CT molecular complexity index is 939. The van der Waals surface area contributed by atoms with Crippen molar-refractivity contribution in [1.29, 1.82) is 0 Å². The molecular weight excluding hydrogens is 703 g/mol. The summed E-state index contributed by atoms with van der Waals surface area (Å²) in [6.45, 7) is 3.50. The van der Waals surface area contributed by atoms with Gasteiger partial charge in [0.25, 0.3) is 0 Å². The van der Waals surface area contributed by atoms with Crippen LogP contribution in [0.4, 0.5) is 0 Å². The third-order valence-corrected chi connectivity index (χ3v) is 10.3. The summed E-state index contributed by atoms with van der Waals surface area (Å²) in [4.78, 5) is 22.6. The first-order chi connectivity index (χ1) is 26.3. The SMILES string of the molecule is CCCCCCC/C=C\C/C=C\C/C=C\CCCCCCCCC(=O)OC(COCCCCCCCCCCCCCC)COP(=O)(O)OCC(O)CO. The highest BCUT2D eigenvalue weighted by Gasteiger charge is 2.26. The molecule has 3 atom stereocenters. The second-order valence-corrected chi connectivity index (χ2v) is 16.2. The van der Waals surface area contributed by atoms with Gasteiger partial charge in [-0.3, -0.25) is 13.8 Å². The van der Waals surface area contributed by atoms with E-state index in [0.717, 1.165) is 57.8 Å². The van der Waals surface area contributed by atoms with Crippen molar-refractivity contribution in [3.63, 3.8) is 0 Å². The number of hydrogen-bond acceptors (Lipinski definition) is 8. The number of ether oxygens (including phenoxy) is 2. The number of phosphoric acid groups is 1. The molecule has 0 fully saturated rings. The molecule has 0 amide bonds. The number of allylic oxidation sites excluding steroid dienone is 6. The predicted molar refractivity (Wildman–Crippen MR) is 224 cm³/mol. The lowest BCUT2D eigenvalue weighted by Gasteiger charge is -2.20. The van der Waals surface area contributed by atoms with Crippen molar-refractivity contribution < 1.29 is 43.0 Å². The van der Waals surface area contributed by atoms with Crippen molar-refractivity contribution in [2.24, 2.45) is 0 Å². The lowest BCUT2D eigenvalue weighted by molar-refractivity contribution is -0.154. The van der Waals surface area contributed by atoms with E-state index < -0.39 is 39.2 Å². The number of carbonyl (C=O) groups excluding carboxylic acids is 1. The van der Waals surface area contributed by atoms with Gasteiger partial charge in [-0.25, -0.2) is 4.57 Å². The van der Waals surface area contributed by atoms with Crippen LogP contribution in [-0.2, 0) is 27.9 Å². The average Bonchev–Trinajstić information content (AvgIpc) is 3.16. The summed E-state index contributed by atoms with van der Waals surface area (Å²) < 4.78 is 33.3. The molecule has 0 spiro atoms. The Balaban J connectivity index is 4.16. The molecule has 0 bridgehead atoms. The van der Waals surface area contributed by atoms with Gasteiger partial charge in [0.05, 0.1) is 26.4 Å². The lowest BCUT2D eigenvalue weighted by atomic mass is 10.1. The van der Waals surface area contributed by atoms with Crippen LogP contribution in [0.25, 0.3) is 0 Å². The van der Waals surface area contributed by atoms with E-state index in [2.05, 4.69) is 50.3 Å². The summed E-state index contributed by atoms with van der Waals surface area (Å²) in [6.07, 6.45) is 43.8. The van der Waals surface area contributed by atoms with Gasteiger partial charge in [0.1, 0.15) is 12.2 Å². The van der Waals surface area contributed by atoms with Crippen LogP contribution in [0.5, 0.6) is 0 Å². The van der Waals surface area contributed by atoms with Crippen molar-refractivity contribution in [3.8, 4) is 0 Å². The number of esters is 1. The molecule has 0 radical (unpaired) electrons. The maximum absolute atomic E-state index is 12.6. The van der Waals surface area contributed by atoms with Gasteiger partial charge in [-0.1, -0.05) is 172 Å². The maximum Gasteiger partial charge on any atom is 0.472 e. The van der Waals surface area contributed by atoms with Gasteiger partial charge < -0.3 is 24.6 Å². The highest BCUT2D eigenvalue weighted by atomic mass is 31.2. The second kappa shape index (κ2) is 41.3. The van der Waals surface area contributed by atoms with Crippen LogP contribution in [0.2, 0.25) is 0 Å². The Kier molecular flexibility index (Phi) is 40.3. The van der Waals surface area contributed by atoms with Crippen molar-refractivity contribution in [1.82, 2.24) is 0 Å². The van der Waals surface area contributed by atoms with E-state index in [1.165, 1.54) is 109 Å². The molecule has 0 aromatic heterocycles. The summed E-state index contributed by atoms with van der Waals surface area (Å²) in [5.41, 5.74) is 0. The molecule has 9 nitrogen and oxygen atoms in total. The Labute approximate surface area is 331 Å². The Morgan fingerprint density at radius 1 is 0.574 bits per heavy atom. The fraction of sp³-hybridized carbons (Fsp3) is 0.841. The quantitative estimate of drug-likeness (QED) is 0.0239. The standard InChI is InChI=1S/C44H83O9P/c1-3-5-7-9-11-13-15-17-18-19-20-21-22-23-24-25-26-28-30-32-34-36-44(47)53-43(41-52-54(48,49)51-39-42(46)38-45)40-50-37-35-33-31-29-27-16-14-12-10-8-6-4-2/h15,17,19-20,22-23,42-43,45-46H,3-14,16,18,21,24-41H2,1-2H3,(H,48,49)/b17-15-,20-19-,23-22-. The molecular formula is C44H83O9P. The van der Waals surface area contributed by atoms with Crippen LogP contribution in [0, 0.1) is 0 Å². The van der Waals surface area contributed by atoms with Crippen molar-refractivity contribution in [2.45, 2.75) is 206 Å². The molecule has 3 unspecified atom stereocenters. The van der Waals surface area contributed by atoms with Gasteiger partial charge in [-0.05, 0) is 51.4 Å². The molecule has 0 heterocycles. The van der Waals surface area contributed by atoms with Gasteiger partial charge in [0.2, 0.25) is 0 Å². The summed E-state index contributed by atoms with van der Waals surface area (Å²) in [6, 6.07) is 0. The molecule has 10 heteroatoms. The van der Waals surface area contributed by atoms with Gasteiger partial charge >= 0.3 is 13.8 Å². The van der Waals surface area contributed by atoms with Crippen molar-refractivity contribution >= 4 is 13.8 Å². The topological polar surface area (TPSA) is 132 Å². The molecule has 0 saturated heterocycles. The third kappa shape index (κ3) is 40.3. The number of phosphoric ester groups is 1. The Hall–Kier alpha value is -1.32. The van der Waals surface area contributed by atoms with E-state index in [0.29, 0.717) is 13.0 Å². The highest BCUT2D eigenvalue weighted by Crippen LogP contribution is 2.43. The van der Waals surface area contributed by atoms with Crippen LogP contribution in [0.1, 0.15) is 194 Å². The van der Waals surface area contributed by atoms with E-state index in [-0.39, 0.29) is 19.6 Å². The second-order valence-electron chi connectivity index (χ2n) is 14.7. The van der Waals surface area contributed by atoms with E-state index >= 15 is 0 Å². The largest absolute Gasteiger partial charge is 0.472 e. The van der Waals surface area contributed by atoms with Gasteiger partial charge in [0, 0.05) is 13.0 Å². The molecule has 0 aliphatic rings. The molecule has 318 valence electrons. The molecule has 0 aliphatic heterocycles. The van der Waals surface area contributed by atoms with Crippen LogP contribution < -0.4 is 0 Å². The number of unbranched alkanes of at least 4 members (excludes halogenated alkanes) is 22. The van der Waals surface area contributed by atoms with Crippen LogP contribution in [0.15, 0.2) is 36.5 Å². The molecule has 3 N–H and O–H groups in total. The fourth-order valence-electron chi connectivity index (χ4n) is 5.95. The lowest BCUT2D eigenvalue weighted by Crippen LogP contribution is -2.29. The first-order valence-corrected chi connectivity index (χ1v) is 23.5. The van der Waals surface area contributed by atoms with Crippen LogP contribution in [-0.4, -0.2) is 66.3 Å². The zero-order valence-corrected chi connectivity index (χ0v) is 35.6. The summed E-state index contributed by atoms with van der Waals surface area (Å²) >= 11 is 0. The molecule has 0 aromatic carbocycles. The maximum atomic E-state index is 12.6. The highest BCUT2D eigenvalue weighted by molar-refractivity contribution is 7.47.